The molecule has 0 aromatic carbocycles. The number of nitrogens with one attached hydrogen (secondary N) is 1. The fraction of sp³-hybridized carbons (Fsp3) is 0.958. The number of ether oxygens (including phenoxy) is 2. The molecule has 6 atom stereocenters. The molecule has 11 heteroatoms. The van der Waals surface area contributed by atoms with Crippen LogP contribution in [0.3, 0.4) is 0 Å². The highest BCUT2D eigenvalue weighted by atomic mass is 32.2. The Morgan fingerprint density at radius 2 is 1.71 bits per heavy atom. The number of fused-ring (bicyclic) bond motifs is 1. The molecule has 0 aromatic heterocycles. The van der Waals surface area contributed by atoms with Gasteiger partial charge in [0, 0.05) is 19.2 Å². The molecule has 3 saturated carbocycles. The number of amides is 1. The number of carbonyl (C=O) groups is 1. The SMILES string of the molecule is CCOCC1CN(S(=O)(=O)C2CCC(F)CC2)C2CC(NC(=O)C3C(F)CCCC3F)CCC2O1. The summed E-state index contributed by atoms with van der Waals surface area (Å²) in [7, 11) is -3.73. The van der Waals surface area contributed by atoms with Crippen LogP contribution in [0.25, 0.3) is 0 Å². The van der Waals surface area contributed by atoms with Gasteiger partial charge in [-0.25, -0.2) is 21.6 Å². The maximum absolute atomic E-state index is 14.3. The molecule has 0 bridgehead atoms. The topological polar surface area (TPSA) is 84.9 Å². The molecule has 6 unspecified atom stereocenters. The lowest BCUT2D eigenvalue weighted by Gasteiger charge is -2.49. The van der Waals surface area contributed by atoms with Crippen LogP contribution in [0.2, 0.25) is 0 Å². The van der Waals surface area contributed by atoms with E-state index >= 15 is 0 Å². The van der Waals surface area contributed by atoms with Gasteiger partial charge >= 0.3 is 0 Å². The smallest absolute Gasteiger partial charge is 0.229 e. The summed E-state index contributed by atoms with van der Waals surface area (Å²) in [5.41, 5.74) is 0. The van der Waals surface area contributed by atoms with Gasteiger partial charge in [0.15, 0.2) is 0 Å². The number of rotatable bonds is 7. The molecule has 4 aliphatic rings. The molecule has 202 valence electrons. The molecule has 1 aliphatic heterocycles. The second-order valence-corrected chi connectivity index (χ2v) is 12.7. The summed E-state index contributed by atoms with van der Waals surface area (Å²) in [6, 6.07) is -0.884. The fourth-order valence-electron chi connectivity index (χ4n) is 6.20. The molecule has 1 amide bonds. The summed E-state index contributed by atoms with van der Waals surface area (Å²) < 4.78 is 83.0. The van der Waals surface area contributed by atoms with E-state index in [9.17, 15) is 26.4 Å². The highest BCUT2D eigenvalue weighted by Crippen LogP contribution is 2.37. The van der Waals surface area contributed by atoms with Crippen LogP contribution in [-0.2, 0) is 24.3 Å². The number of carbonyl (C=O) groups excluding carboxylic acids is 1. The lowest BCUT2D eigenvalue weighted by Crippen LogP contribution is -2.63. The van der Waals surface area contributed by atoms with Crippen molar-refractivity contribution in [3.05, 3.63) is 0 Å². The van der Waals surface area contributed by atoms with Gasteiger partial charge in [-0.3, -0.25) is 4.79 Å². The normalized spacial score (nSPS) is 41.2. The Hall–Kier alpha value is -0.910. The molecule has 0 aromatic rings. The Kier molecular flexibility index (Phi) is 9.03. The van der Waals surface area contributed by atoms with Gasteiger partial charge in [0.2, 0.25) is 15.9 Å². The lowest BCUT2D eigenvalue weighted by atomic mass is 9.83. The van der Waals surface area contributed by atoms with Crippen molar-refractivity contribution >= 4 is 15.9 Å². The molecule has 4 fully saturated rings. The van der Waals surface area contributed by atoms with Gasteiger partial charge in [-0.1, -0.05) is 0 Å². The van der Waals surface area contributed by atoms with E-state index in [1.807, 2.05) is 6.92 Å². The van der Waals surface area contributed by atoms with Gasteiger partial charge in [-0.2, -0.15) is 4.31 Å². The zero-order valence-corrected chi connectivity index (χ0v) is 21.2. The van der Waals surface area contributed by atoms with Crippen LogP contribution in [0.4, 0.5) is 13.2 Å². The molecular formula is C24H39F3N2O5S. The number of morpholine rings is 1. The lowest BCUT2D eigenvalue weighted by molar-refractivity contribution is -0.140. The van der Waals surface area contributed by atoms with Crippen molar-refractivity contribution < 1.29 is 35.9 Å². The summed E-state index contributed by atoms with van der Waals surface area (Å²) in [5.74, 6) is -1.94. The number of alkyl halides is 3. The van der Waals surface area contributed by atoms with Crippen LogP contribution in [-0.4, -0.2) is 86.4 Å². The van der Waals surface area contributed by atoms with Crippen LogP contribution in [0.1, 0.15) is 71.1 Å². The van der Waals surface area contributed by atoms with E-state index in [0.717, 1.165) is 0 Å². The predicted octanol–water partition coefficient (Wildman–Crippen LogP) is 3.22. The fourth-order valence-corrected chi connectivity index (χ4v) is 8.43. The Balaban J connectivity index is 1.48. The van der Waals surface area contributed by atoms with Gasteiger partial charge in [-0.15, -0.1) is 0 Å². The maximum Gasteiger partial charge on any atom is 0.229 e. The van der Waals surface area contributed by atoms with Crippen molar-refractivity contribution in [2.45, 2.75) is 119 Å². The Labute approximate surface area is 206 Å². The first-order valence-corrected chi connectivity index (χ1v) is 14.7. The molecule has 4 rings (SSSR count). The number of halogens is 3. The Morgan fingerprint density at radius 3 is 2.37 bits per heavy atom. The molecule has 7 nitrogen and oxygen atoms in total. The van der Waals surface area contributed by atoms with Crippen LogP contribution < -0.4 is 5.32 Å². The van der Waals surface area contributed by atoms with Gasteiger partial charge < -0.3 is 14.8 Å². The van der Waals surface area contributed by atoms with E-state index in [1.165, 1.54) is 4.31 Å². The van der Waals surface area contributed by atoms with Gasteiger partial charge in [0.1, 0.15) is 24.4 Å². The first-order chi connectivity index (χ1) is 16.7. The molecule has 0 radical (unpaired) electrons. The second kappa shape index (κ2) is 11.6. The molecule has 0 spiro atoms. The van der Waals surface area contributed by atoms with Crippen molar-refractivity contribution in [3.8, 4) is 0 Å². The van der Waals surface area contributed by atoms with Crippen molar-refractivity contribution in [3.63, 3.8) is 0 Å². The predicted molar refractivity (Wildman–Crippen MR) is 125 cm³/mol. The van der Waals surface area contributed by atoms with Gasteiger partial charge in [0.05, 0.1) is 30.1 Å². The second-order valence-electron chi connectivity index (χ2n) is 10.5. The van der Waals surface area contributed by atoms with Crippen LogP contribution in [0.5, 0.6) is 0 Å². The molecule has 3 aliphatic carbocycles. The van der Waals surface area contributed by atoms with E-state index in [0.29, 0.717) is 32.3 Å². The minimum absolute atomic E-state index is 0.140. The average Bonchev–Trinajstić information content (AvgIpc) is 2.82. The molecule has 1 N–H and O–H groups in total. The third-order valence-corrected chi connectivity index (χ3v) is 10.5. The van der Waals surface area contributed by atoms with Crippen LogP contribution in [0.15, 0.2) is 0 Å². The van der Waals surface area contributed by atoms with Crippen molar-refractivity contribution in [1.29, 1.82) is 0 Å². The van der Waals surface area contributed by atoms with E-state index in [-0.39, 0.29) is 57.8 Å². The monoisotopic (exact) mass is 524 g/mol. The van der Waals surface area contributed by atoms with Crippen molar-refractivity contribution in [2.24, 2.45) is 5.92 Å². The van der Waals surface area contributed by atoms with Gasteiger partial charge in [-0.05, 0) is 71.1 Å². The zero-order valence-electron chi connectivity index (χ0n) is 20.4. The summed E-state index contributed by atoms with van der Waals surface area (Å²) in [4.78, 5) is 12.8. The van der Waals surface area contributed by atoms with Gasteiger partial charge in [0.25, 0.3) is 0 Å². The number of hydrogen-bond acceptors (Lipinski definition) is 5. The first kappa shape index (κ1) is 27.1. The van der Waals surface area contributed by atoms with Crippen molar-refractivity contribution in [1.82, 2.24) is 9.62 Å². The molecule has 1 saturated heterocycles. The molecule has 35 heavy (non-hydrogen) atoms. The third kappa shape index (κ3) is 6.15. The number of nitrogens with zero attached hydrogens (tertiary/aromatic N) is 1. The highest BCUT2D eigenvalue weighted by molar-refractivity contribution is 7.89. The largest absolute Gasteiger partial charge is 0.379 e. The minimum atomic E-state index is -3.73. The first-order valence-electron chi connectivity index (χ1n) is 13.2. The van der Waals surface area contributed by atoms with E-state index in [2.05, 4.69) is 5.32 Å². The zero-order chi connectivity index (χ0) is 25.2. The maximum atomic E-state index is 14.3. The van der Waals surface area contributed by atoms with E-state index in [4.69, 9.17) is 9.47 Å². The minimum Gasteiger partial charge on any atom is -0.379 e. The Morgan fingerprint density at radius 1 is 1.03 bits per heavy atom. The van der Waals surface area contributed by atoms with Crippen LogP contribution in [0, 0.1) is 5.92 Å². The van der Waals surface area contributed by atoms with E-state index < -0.39 is 63.8 Å². The summed E-state index contributed by atoms with van der Waals surface area (Å²) in [6.45, 7) is 2.77. The van der Waals surface area contributed by atoms with Crippen LogP contribution >= 0.6 is 0 Å². The van der Waals surface area contributed by atoms with Crippen molar-refractivity contribution in [2.75, 3.05) is 19.8 Å². The average molecular weight is 525 g/mol. The number of hydrogen-bond donors (Lipinski definition) is 1. The number of sulfonamides is 1. The highest BCUT2D eigenvalue weighted by Gasteiger charge is 2.49. The molecule has 1 heterocycles. The van der Waals surface area contributed by atoms with E-state index in [1.54, 1.807) is 0 Å². The standard InChI is InChI=1S/C24H39F3N2O5S/c1-2-33-14-17-13-29(35(31,32)18-9-6-15(25)7-10-18)21-12-16(8-11-22(21)34-17)28-24(30)23-19(26)4-3-5-20(23)27/h15-23H,2-14H2,1H3,(H,28,30). The Bertz CT molecular complexity index is 816. The molecular weight excluding hydrogens is 485 g/mol. The summed E-state index contributed by atoms with van der Waals surface area (Å²) in [6.07, 6.45) is -1.54. The summed E-state index contributed by atoms with van der Waals surface area (Å²) >= 11 is 0. The third-order valence-electron chi connectivity index (χ3n) is 8.12. The summed E-state index contributed by atoms with van der Waals surface area (Å²) in [5, 5.41) is 2.17. The quantitative estimate of drug-likeness (QED) is 0.553.